The lowest BCUT2D eigenvalue weighted by atomic mass is 10.2. The van der Waals surface area contributed by atoms with Crippen LogP contribution in [0.3, 0.4) is 0 Å². The second-order valence-corrected chi connectivity index (χ2v) is 5.04. The van der Waals surface area contributed by atoms with E-state index in [4.69, 9.17) is 5.11 Å². The van der Waals surface area contributed by atoms with Crippen LogP contribution in [0.25, 0.3) is 0 Å². The molecule has 0 spiro atoms. The van der Waals surface area contributed by atoms with Gasteiger partial charge in [0.15, 0.2) is 0 Å². The number of piperazine rings is 1. The number of carbonyl (C=O) groups is 2. The van der Waals surface area contributed by atoms with Gasteiger partial charge in [0.1, 0.15) is 6.61 Å². The van der Waals surface area contributed by atoms with Crippen LogP contribution in [0.4, 0.5) is 0 Å². The molecule has 2 rings (SSSR count). The molecule has 2 amide bonds. The molecule has 0 aromatic carbocycles. The van der Waals surface area contributed by atoms with Crippen LogP contribution in [0.15, 0.2) is 10.8 Å². The molecule has 0 unspecified atom stereocenters. The Hall–Kier alpha value is -1.40. The van der Waals surface area contributed by atoms with Gasteiger partial charge in [-0.15, -0.1) is 0 Å². The van der Waals surface area contributed by atoms with Gasteiger partial charge in [-0.05, 0) is 17.9 Å². The molecule has 0 atom stereocenters. The van der Waals surface area contributed by atoms with Gasteiger partial charge < -0.3 is 14.9 Å². The highest BCUT2D eigenvalue weighted by Gasteiger charge is 2.25. The summed E-state index contributed by atoms with van der Waals surface area (Å²) in [4.78, 5) is 26.9. The molecular weight excluding hydrogens is 252 g/mol. The van der Waals surface area contributed by atoms with Crippen molar-refractivity contribution in [2.24, 2.45) is 0 Å². The number of carbonyl (C=O) groups excluding carboxylic acids is 2. The summed E-state index contributed by atoms with van der Waals surface area (Å²) < 4.78 is 0. The predicted octanol–water partition coefficient (Wildman–Crippen LogP) is 0.333. The fourth-order valence-corrected chi connectivity index (χ4v) is 2.83. The third-order valence-corrected chi connectivity index (χ3v) is 4.00. The third-order valence-electron chi connectivity index (χ3n) is 3.14. The van der Waals surface area contributed by atoms with Gasteiger partial charge in [-0.25, -0.2) is 0 Å². The maximum absolute atomic E-state index is 12.2. The average Bonchev–Trinajstić information content (AvgIpc) is 2.83. The van der Waals surface area contributed by atoms with E-state index in [0.717, 1.165) is 11.1 Å². The van der Waals surface area contributed by atoms with E-state index in [1.165, 1.54) is 11.3 Å². The molecule has 2 heterocycles. The molecule has 1 aliphatic heterocycles. The minimum atomic E-state index is -0.461. The van der Waals surface area contributed by atoms with Crippen LogP contribution in [0, 0.1) is 6.92 Å². The van der Waals surface area contributed by atoms with Gasteiger partial charge in [-0.3, -0.25) is 9.59 Å². The molecule has 18 heavy (non-hydrogen) atoms. The number of aliphatic hydroxyl groups is 1. The van der Waals surface area contributed by atoms with Gasteiger partial charge in [0.25, 0.3) is 5.91 Å². The Morgan fingerprint density at radius 1 is 1.22 bits per heavy atom. The number of aryl methyl sites for hydroxylation is 1. The second-order valence-electron chi connectivity index (χ2n) is 4.30. The maximum atomic E-state index is 12.2. The lowest BCUT2D eigenvalue weighted by Gasteiger charge is -2.34. The lowest BCUT2D eigenvalue weighted by molar-refractivity contribution is -0.135. The predicted molar refractivity (Wildman–Crippen MR) is 68.6 cm³/mol. The van der Waals surface area contributed by atoms with Crippen LogP contribution in [-0.4, -0.2) is 59.5 Å². The molecule has 1 N–H and O–H groups in total. The molecule has 1 aromatic heterocycles. The lowest BCUT2D eigenvalue weighted by Crippen LogP contribution is -2.51. The first-order valence-electron chi connectivity index (χ1n) is 5.84. The average molecular weight is 268 g/mol. The number of hydrogen-bond acceptors (Lipinski definition) is 4. The number of rotatable bonds is 2. The maximum Gasteiger partial charge on any atom is 0.255 e. The fourth-order valence-electron chi connectivity index (χ4n) is 2.01. The first-order chi connectivity index (χ1) is 8.63. The molecular formula is C12H16N2O3S. The monoisotopic (exact) mass is 268 g/mol. The number of amides is 2. The van der Waals surface area contributed by atoms with Crippen LogP contribution in [-0.2, 0) is 4.79 Å². The van der Waals surface area contributed by atoms with Crippen LogP contribution < -0.4 is 0 Å². The van der Waals surface area contributed by atoms with E-state index in [9.17, 15) is 9.59 Å². The molecule has 1 aliphatic rings. The smallest absolute Gasteiger partial charge is 0.255 e. The normalized spacial score (nSPS) is 15.9. The fraction of sp³-hybridized carbons (Fsp3) is 0.500. The molecule has 5 nitrogen and oxygen atoms in total. The van der Waals surface area contributed by atoms with E-state index >= 15 is 0 Å². The first-order valence-corrected chi connectivity index (χ1v) is 6.78. The van der Waals surface area contributed by atoms with Gasteiger partial charge in [0, 0.05) is 31.6 Å². The highest BCUT2D eigenvalue weighted by molar-refractivity contribution is 7.08. The Morgan fingerprint density at radius 2 is 1.83 bits per heavy atom. The molecule has 0 saturated carbocycles. The molecule has 0 bridgehead atoms. The largest absolute Gasteiger partial charge is 0.387 e. The number of nitrogens with zero attached hydrogens (tertiary/aromatic N) is 2. The Balaban J connectivity index is 1.96. The number of thiophene rings is 1. The molecule has 0 radical (unpaired) electrons. The number of aliphatic hydroxyl groups excluding tert-OH is 1. The summed E-state index contributed by atoms with van der Waals surface area (Å²) in [7, 11) is 0. The minimum Gasteiger partial charge on any atom is -0.387 e. The van der Waals surface area contributed by atoms with Crippen molar-refractivity contribution >= 4 is 23.2 Å². The van der Waals surface area contributed by atoms with Crippen molar-refractivity contribution < 1.29 is 14.7 Å². The summed E-state index contributed by atoms with van der Waals surface area (Å²) >= 11 is 1.52. The Bertz CT molecular complexity index is 450. The molecule has 6 heteroatoms. The highest BCUT2D eigenvalue weighted by Crippen LogP contribution is 2.17. The Morgan fingerprint density at radius 3 is 2.33 bits per heavy atom. The topological polar surface area (TPSA) is 60.9 Å². The molecule has 1 saturated heterocycles. The van der Waals surface area contributed by atoms with E-state index in [0.29, 0.717) is 26.2 Å². The number of hydrogen-bond donors (Lipinski definition) is 1. The molecule has 1 aromatic rings. The van der Waals surface area contributed by atoms with Crippen LogP contribution in [0.2, 0.25) is 0 Å². The summed E-state index contributed by atoms with van der Waals surface area (Å²) in [6, 6.07) is 0. The van der Waals surface area contributed by atoms with Crippen LogP contribution in [0.5, 0.6) is 0 Å². The van der Waals surface area contributed by atoms with E-state index < -0.39 is 6.61 Å². The van der Waals surface area contributed by atoms with E-state index in [-0.39, 0.29) is 11.8 Å². The van der Waals surface area contributed by atoms with Crippen molar-refractivity contribution in [1.82, 2.24) is 9.80 Å². The summed E-state index contributed by atoms with van der Waals surface area (Å²) in [6.45, 7) is 3.51. The standard InChI is InChI=1S/C12H16N2O3S/c1-9-7-18-8-10(9)12(17)14-4-2-13(3-5-14)11(16)6-15/h7-8,15H,2-6H2,1H3. The van der Waals surface area contributed by atoms with Gasteiger partial charge in [-0.1, -0.05) is 0 Å². The van der Waals surface area contributed by atoms with Crippen molar-refractivity contribution in [2.75, 3.05) is 32.8 Å². The Labute approximate surface area is 110 Å². The van der Waals surface area contributed by atoms with E-state index in [2.05, 4.69) is 0 Å². The van der Waals surface area contributed by atoms with Crippen molar-refractivity contribution in [1.29, 1.82) is 0 Å². The Kier molecular flexibility index (Phi) is 3.98. The zero-order valence-corrected chi connectivity index (χ0v) is 11.1. The van der Waals surface area contributed by atoms with Crippen LogP contribution >= 0.6 is 11.3 Å². The summed E-state index contributed by atoms with van der Waals surface area (Å²) in [5, 5.41) is 12.6. The molecule has 0 aliphatic carbocycles. The highest BCUT2D eigenvalue weighted by atomic mass is 32.1. The second kappa shape index (κ2) is 5.49. The van der Waals surface area contributed by atoms with Gasteiger partial charge in [0.2, 0.25) is 5.91 Å². The summed E-state index contributed by atoms with van der Waals surface area (Å²) in [5.74, 6) is -0.237. The van der Waals surface area contributed by atoms with E-state index in [1.54, 1.807) is 9.80 Å². The SMILES string of the molecule is Cc1cscc1C(=O)N1CCN(C(=O)CO)CC1. The summed E-state index contributed by atoms with van der Waals surface area (Å²) in [5.41, 5.74) is 1.75. The van der Waals surface area contributed by atoms with E-state index in [1.807, 2.05) is 17.7 Å². The van der Waals surface area contributed by atoms with Crippen molar-refractivity contribution in [3.8, 4) is 0 Å². The quantitative estimate of drug-likeness (QED) is 0.841. The van der Waals surface area contributed by atoms with Crippen molar-refractivity contribution in [2.45, 2.75) is 6.92 Å². The van der Waals surface area contributed by atoms with Gasteiger partial charge >= 0.3 is 0 Å². The molecule has 1 fully saturated rings. The minimum absolute atomic E-state index is 0.0323. The molecule has 98 valence electrons. The first kappa shape index (κ1) is 13.0. The van der Waals surface area contributed by atoms with Crippen molar-refractivity contribution in [3.05, 3.63) is 21.9 Å². The van der Waals surface area contributed by atoms with Crippen LogP contribution in [0.1, 0.15) is 15.9 Å². The summed E-state index contributed by atoms with van der Waals surface area (Å²) in [6.07, 6.45) is 0. The van der Waals surface area contributed by atoms with Gasteiger partial charge in [0.05, 0.1) is 5.56 Å². The third kappa shape index (κ3) is 2.54. The van der Waals surface area contributed by atoms with Gasteiger partial charge in [-0.2, -0.15) is 11.3 Å². The zero-order valence-electron chi connectivity index (χ0n) is 10.3. The zero-order chi connectivity index (χ0) is 13.1. The van der Waals surface area contributed by atoms with Crippen molar-refractivity contribution in [3.63, 3.8) is 0 Å².